The summed E-state index contributed by atoms with van der Waals surface area (Å²) >= 11 is 0. The van der Waals surface area contributed by atoms with Crippen LogP contribution in [0.4, 0.5) is 13.2 Å². The Kier molecular flexibility index (Phi) is 10.3. The van der Waals surface area contributed by atoms with E-state index >= 15 is 0 Å². The second-order valence-electron chi connectivity index (χ2n) is 11.4. The molecule has 13 heteroatoms. The highest BCUT2D eigenvalue weighted by molar-refractivity contribution is 6.00. The largest absolute Gasteiger partial charge is 0.483 e. The average molecular weight is 585 g/mol. The lowest BCUT2D eigenvalue weighted by Crippen LogP contribution is -2.54. The summed E-state index contributed by atoms with van der Waals surface area (Å²) < 4.78 is 44.3. The summed E-state index contributed by atoms with van der Waals surface area (Å²) in [6, 6.07) is 3.40. The van der Waals surface area contributed by atoms with Gasteiger partial charge >= 0.3 is 6.18 Å². The minimum Gasteiger partial charge on any atom is -0.483 e. The summed E-state index contributed by atoms with van der Waals surface area (Å²) in [6.07, 6.45) is -5.73. The first kappa shape index (κ1) is 32.2. The first-order chi connectivity index (χ1) is 19.1. The van der Waals surface area contributed by atoms with Gasteiger partial charge in [-0.05, 0) is 58.6 Å². The predicted octanol–water partition coefficient (Wildman–Crippen LogP) is 2.39. The summed E-state index contributed by atoms with van der Waals surface area (Å²) in [5, 5.41) is 15.6. The van der Waals surface area contributed by atoms with Crippen molar-refractivity contribution in [2.75, 3.05) is 20.2 Å². The molecule has 2 aliphatic rings. The van der Waals surface area contributed by atoms with E-state index in [1.165, 1.54) is 17.0 Å². The second kappa shape index (κ2) is 13.1. The molecule has 1 aliphatic heterocycles. The van der Waals surface area contributed by atoms with Gasteiger partial charge in [-0.2, -0.15) is 13.2 Å². The fourth-order valence-corrected chi connectivity index (χ4v) is 4.59. The molecule has 228 valence electrons. The number of aliphatic hydroxyl groups is 1. The van der Waals surface area contributed by atoms with E-state index in [-0.39, 0.29) is 54.8 Å². The Balaban J connectivity index is 1.77. The van der Waals surface area contributed by atoms with Crippen molar-refractivity contribution >= 4 is 23.6 Å². The minimum absolute atomic E-state index is 0.0137. The molecular formula is C28H39F3N4O6. The highest BCUT2D eigenvalue weighted by atomic mass is 19.4. The third-order valence-electron chi connectivity index (χ3n) is 7.46. The highest BCUT2D eigenvalue weighted by Gasteiger charge is 2.43. The molecule has 1 heterocycles. The number of carbonyl (C=O) groups excluding carboxylic acids is 4. The van der Waals surface area contributed by atoms with Crippen molar-refractivity contribution in [1.29, 1.82) is 0 Å². The van der Waals surface area contributed by atoms with Crippen LogP contribution in [0.15, 0.2) is 24.3 Å². The molecule has 4 amide bonds. The molecule has 1 aromatic rings. The number of likely N-dealkylation sites (tertiary alicyclic amines) is 1. The van der Waals surface area contributed by atoms with Crippen molar-refractivity contribution in [3.8, 4) is 5.75 Å². The number of nitrogens with one attached hydrogen (secondary N) is 2. The van der Waals surface area contributed by atoms with Gasteiger partial charge in [0.15, 0.2) is 6.61 Å². The van der Waals surface area contributed by atoms with Crippen LogP contribution in [0.25, 0.3) is 0 Å². The van der Waals surface area contributed by atoms with Gasteiger partial charge in [0.1, 0.15) is 17.8 Å². The summed E-state index contributed by atoms with van der Waals surface area (Å²) in [5.41, 5.74) is -0.270. The number of rotatable bonds is 12. The van der Waals surface area contributed by atoms with Crippen LogP contribution in [0.3, 0.4) is 0 Å². The Bertz CT molecular complexity index is 1120. The predicted molar refractivity (Wildman–Crippen MR) is 143 cm³/mol. The van der Waals surface area contributed by atoms with E-state index in [2.05, 4.69) is 10.6 Å². The third-order valence-corrected chi connectivity index (χ3v) is 7.46. The van der Waals surface area contributed by atoms with E-state index < -0.39 is 54.9 Å². The van der Waals surface area contributed by atoms with Gasteiger partial charge in [0.25, 0.3) is 11.8 Å². The Morgan fingerprint density at radius 3 is 2.46 bits per heavy atom. The SMILES string of the molecule is CC(C)N(C)C(=O)[C@H]1C[C@H](O)CN1C(=O)[C@@H](CCCC(F)(F)F)NC(=O)c1ccccc1OCC(=O)NC1(C)CC1. The van der Waals surface area contributed by atoms with Gasteiger partial charge in [-0.1, -0.05) is 12.1 Å². The maximum absolute atomic E-state index is 13.6. The number of alkyl halides is 3. The van der Waals surface area contributed by atoms with E-state index in [4.69, 9.17) is 4.74 Å². The van der Waals surface area contributed by atoms with Crippen LogP contribution in [-0.2, 0) is 14.4 Å². The molecule has 0 aromatic heterocycles. The molecule has 1 saturated heterocycles. The third kappa shape index (κ3) is 9.07. The summed E-state index contributed by atoms with van der Waals surface area (Å²) in [7, 11) is 1.56. The van der Waals surface area contributed by atoms with Gasteiger partial charge in [0.2, 0.25) is 11.8 Å². The number of ether oxygens (including phenoxy) is 1. The zero-order valence-corrected chi connectivity index (χ0v) is 23.8. The molecule has 2 fully saturated rings. The van der Waals surface area contributed by atoms with Crippen molar-refractivity contribution in [3.05, 3.63) is 29.8 Å². The lowest BCUT2D eigenvalue weighted by molar-refractivity contribution is -0.145. The molecule has 41 heavy (non-hydrogen) atoms. The number of benzene rings is 1. The number of amides is 4. The van der Waals surface area contributed by atoms with Gasteiger partial charge in [0, 0.05) is 38.0 Å². The number of halogens is 3. The summed E-state index contributed by atoms with van der Waals surface area (Å²) in [6.45, 7) is 4.92. The maximum atomic E-state index is 13.6. The normalized spacial score (nSPS) is 20.4. The van der Waals surface area contributed by atoms with E-state index in [1.807, 2.05) is 6.92 Å². The maximum Gasteiger partial charge on any atom is 0.389 e. The summed E-state index contributed by atoms with van der Waals surface area (Å²) in [5.74, 6) is -2.27. The average Bonchev–Trinajstić information content (AvgIpc) is 3.49. The Hall–Kier alpha value is -3.35. The summed E-state index contributed by atoms with van der Waals surface area (Å²) in [4.78, 5) is 54.8. The quantitative estimate of drug-likeness (QED) is 0.346. The number of carbonyl (C=O) groups is 4. The lowest BCUT2D eigenvalue weighted by atomic mass is 10.1. The van der Waals surface area contributed by atoms with Gasteiger partial charge in [-0.15, -0.1) is 0 Å². The Morgan fingerprint density at radius 2 is 1.85 bits per heavy atom. The van der Waals surface area contributed by atoms with E-state index in [0.717, 1.165) is 17.7 Å². The van der Waals surface area contributed by atoms with Crippen LogP contribution in [0.5, 0.6) is 5.75 Å². The van der Waals surface area contributed by atoms with Crippen molar-refractivity contribution in [3.63, 3.8) is 0 Å². The molecule has 0 bridgehead atoms. The molecule has 0 spiro atoms. The fourth-order valence-electron chi connectivity index (χ4n) is 4.59. The van der Waals surface area contributed by atoms with Crippen LogP contribution in [0.2, 0.25) is 0 Å². The number of para-hydroxylation sites is 1. The zero-order valence-electron chi connectivity index (χ0n) is 23.8. The molecule has 3 rings (SSSR count). The van der Waals surface area contributed by atoms with Gasteiger partial charge in [-0.25, -0.2) is 0 Å². The van der Waals surface area contributed by atoms with Crippen molar-refractivity contribution < 1.29 is 42.2 Å². The standard InChI is InChI=1S/C28H39F3N4O6/c1-17(2)34(4)26(40)21-14-18(36)15-35(21)25(39)20(9-7-11-28(29,30)31)32-24(38)19-8-5-6-10-22(19)41-16-23(37)33-27(3)12-13-27/h5-6,8,10,17-18,20-21,36H,7,9,11-16H2,1-4H3,(H,32,38)(H,33,37)/t18-,20+,21+/m0/s1. The van der Waals surface area contributed by atoms with Gasteiger partial charge < -0.3 is 30.3 Å². The Morgan fingerprint density at radius 1 is 1.20 bits per heavy atom. The van der Waals surface area contributed by atoms with Crippen LogP contribution in [0.1, 0.15) is 69.7 Å². The van der Waals surface area contributed by atoms with Crippen molar-refractivity contribution in [2.24, 2.45) is 0 Å². The number of aliphatic hydroxyl groups excluding tert-OH is 1. The molecule has 0 unspecified atom stereocenters. The van der Waals surface area contributed by atoms with Crippen LogP contribution < -0.4 is 15.4 Å². The number of likely N-dealkylation sites (N-methyl/N-ethyl adjacent to an activating group) is 1. The van der Waals surface area contributed by atoms with Crippen LogP contribution in [-0.4, -0.2) is 94.7 Å². The van der Waals surface area contributed by atoms with Crippen molar-refractivity contribution in [1.82, 2.24) is 20.4 Å². The smallest absolute Gasteiger partial charge is 0.389 e. The lowest BCUT2D eigenvalue weighted by Gasteiger charge is -2.32. The first-order valence-corrected chi connectivity index (χ1v) is 13.8. The first-order valence-electron chi connectivity index (χ1n) is 13.8. The fraction of sp³-hybridized carbons (Fsp3) is 0.643. The molecule has 3 atom stereocenters. The number of β-amino-alcohol motifs (C(OH)–C–C–N with tert-alkyl or cyclic N) is 1. The molecule has 1 saturated carbocycles. The molecule has 10 nitrogen and oxygen atoms in total. The van der Waals surface area contributed by atoms with Crippen LogP contribution >= 0.6 is 0 Å². The Labute approximate surface area is 237 Å². The number of hydrogen-bond acceptors (Lipinski definition) is 6. The highest BCUT2D eigenvalue weighted by Crippen LogP contribution is 2.34. The topological polar surface area (TPSA) is 128 Å². The van der Waals surface area contributed by atoms with E-state index in [0.29, 0.717) is 0 Å². The van der Waals surface area contributed by atoms with E-state index in [1.54, 1.807) is 33.0 Å². The van der Waals surface area contributed by atoms with Gasteiger partial charge in [0.05, 0.1) is 11.7 Å². The molecule has 1 aromatic carbocycles. The molecular weight excluding hydrogens is 545 g/mol. The van der Waals surface area contributed by atoms with Gasteiger partial charge in [-0.3, -0.25) is 19.2 Å². The van der Waals surface area contributed by atoms with E-state index in [9.17, 15) is 37.5 Å². The second-order valence-corrected chi connectivity index (χ2v) is 11.4. The zero-order chi connectivity index (χ0) is 30.5. The number of nitrogens with zero attached hydrogens (tertiary/aromatic N) is 2. The van der Waals surface area contributed by atoms with Crippen molar-refractivity contribution in [2.45, 2.75) is 95.2 Å². The minimum atomic E-state index is -4.46. The monoisotopic (exact) mass is 584 g/mol. The molecule has 3 N–H and O–H groups in total. The molecule has 1 aliphatic carbocycles. The molecule has 0 radical (unpaired) electrons. The van der Waals surface area contributed by atoms with Crippen LogP contribution in [0, 0.1) is 0 Å². The number of hydrogen-bond donors (Lipinski definition) is 3.